The van der Waals surface area contributed by atoms with Crippen LogP contribution >= 0.6 is 0 Å². The molecule has 0 spiro atoms. The molecule has 1 aliphatic rings. The van der Waals surface area contributed by atoms with Crippen molar-refractivity contribution in [1.82, 2.24) is 14.9 Å². The number of nitrogens with zero attached hydrogens (tertiary/aromatic N) is 3. The van der Waals surface area contributed by atoms with Gasteiger partial charge in [-0.15, -0.1) is 0 Å². The van der Waals surface area contributed by atoms with E-state index in [2.05, 4.69) is 9.97 Å². The number of aromatic nitrogens is 2. The van der Waals surface area contributed by atoms with E-state index in [-0.39, 0.29) is 12.0 Å². The molecule has 1 fully saturated rings. The lowest BCUT2D eigenvalue weighted by Gasteiger charge is -2.24. The molecule has 1 amide bonds. The number of aryl methyl sites for hydroxylation is 1. The van der Waals surface area contributed by atoms with Gasteiger partial charge >= 0.3 is 6.09 Å². The van der Waals surface area contributed by atoms with E-state index in [4.69, 9.17) is 4.74 Å². The Balaban J connectivity index is 1.98. The van der Waals surface area contributed by atoms with Crippen LogP contribution in [0.2, 0.25) is 0 Å². The molecule has 2 rings (SSSR count). The lowest BCUT2D eigenvalue weighted by Crippen LogP contribution is -2.35. The summed E-state index contributed by atoms with van der Waals surface area (Å²) in [5.74, 6) is 1.06. The molecule has 19 heavy (non-hydrogen) atoms. The van der Waals surface area contributed by atoms with Gasteiger partial charge in [0.1, 0.15) is 11.4 Å². The van der Waals surface area contributed by atoms with Crippen LogP contribution in [0, 0.1) is 6.92 Å². The maximum atomic E-state index is 12.0. The van der Waals surface area contributed by atoms with Gasteiger partial charge in [0.2, 0.25) is 0 Å². The fourth-order valence-corrected chi connectivity index (χ4v) is 2.20. The first-order chi connectivity index (χ1) is 8.85. The van der Waals surface area contributed by atoms with Crippen molar-refractivity contribution >= 4 is 6.09 Å². The fourth-order valence-electron chi connectivity index (χ4n) is 2.20. The average Bonchev–Trinajstić information content (AvgIpc) is 2.75. The Bertz CT molecular complexity index is 468. The molecule has 104 valence electrons. The van der Waals surface area contributed by atoms with Crippen molar-refractivity contribution in [2.45, 2.75) is 45.6 Å². The molecule has 1 atom stereocenters. The van der Waals surface area contributed by atoms with E-state index < -0.39 is 5.60 Å². The third-order valence-corrected chi connectivity index (χ3v) is 3.06. The summed E-state index contributed by atoms with van der Waals surface area (Å²) in [6.07, 6.45) is 2.46. The summed E-state index contributed by atoms with van der Waals surface area (Å²) < 4.78 is 5.38. The van der Waals surface area contributed by atoms with Crippen LogP contribution in [0.4, 0.5) is 4.79 Å². The Morgan fingerprint density at radius 2 is 2.21 bits per heavy atom. The van der Waals surface area contributed by atoms with Gasteiger partial charge in [0.25, 0.3) is 0 Å². The molecule has 0 N–H and O–H groups in total. The van der Waals surface area contributed by atoms with Crippen molar-refractivity contribution in [1.29, 1.82) is 0 Å². The van der Waals surface area contributed by atoms with Crippen molar-refractivity contribution in [3.8, 4) is 0 Å². The molecule has 1 aromatic rings. The first-order valence-corrected chi connectivity index (χ1v) is 6.62. The maximum absolute atomic E-state index is 12.0. The second-order valence-electron chi connectivity index (χ2n) is 5.94. The molecule has 5 heteroatoms. The van der Waals surface area contributed by atoms with Gasteiger partial charge in [-0.3, -0.25) is 0 Å². The molecule has 0 aliphatic carbocycles. The van der Waals surface area contributed by atoms with E-state index in [0.29, 0.717) is 6.54 Å². The minimum absolute atomic E-state index is 0.235. The quantitative estimate of drug-likeness (QED) is 0.781. The summed E-state index contributed by atoms with van der Waals surface area (Å²) in [6.45, 7) is 8.92. The number of likely N-dealkylation sites (tertiary alicyclic amines) is 1. The van der Waals surface area contributed by atoms with Crippen LogP contribution < -0.4 is 0 Å². The number of hydrogen-bond donors (Lipinski definition) is 0. The van der Waals surface area contributed by atoms with Gasteiger partial charge in [0.15, 0.2) is 0 Å². The van der Waals surface area contributed by atoms with Gasteiger partial charge in [0.05, 0.1) is 0 Å². The summed E-state index contributed by atoms with van der Waals surface area (Å²) in [4.78, 5) is 22.3. The lowest BCUT2D eigenvalue weighted by molar-refractivity contribution is 0.0292. The minimum Gasteiger partial charge on any atom is -0.444 e. The van der Waals surface area contributed by atoms with Gasteiger partial charge in [-0.1, -0.05) is 0 Å². The Kier molecular flexibility index (Phi) is 3.73. The van der Waals surface area contributed by atoms with Gasteiger partial charge in [-0.25, -0.2) is 14.8 Å². The summed E-state index contributed by atoms with van der Waals surface area (Å²) in [5, 5.41) is 0. The molecule has 0 bridgehead atoms. The Morgan fingerprint density at radius 3 is 2.84 bits per heavy atom. The third kappa shape index (κ3) is 3.66. The van der Waals surface area contributed by atoms with Crippen LogP contribution in [0.25, 0.3) is 0 Å². The van der Waals surface area contributed by atoms with Crippen LogP contribution in [-0.4, -0.2) is 39.7 Å². The van der Waals surface area contributed by atoms with E-state index in [1.165, 1.54) is 0 Å². The first-order valence-electron chi connectivity index (χ1n) is 6.62. The second kappa shape index (κ2) is 5.15. The largest absolute Gasteiger partial charge is 0.444 e. The highest BCUT2D eigenvalue weighted by atomic mass is 16.6. The van der Waals surface area contributed by atoms with E-state index >= 15 is 0 Å². The van der Waals surface area contributed by atoms with E-state index in [1.54, 1.807) is 11.1 Å². The summed E-state index contributed by atoms with van der Waals surface area (Å²) in [6, 6.07) is 1.93. The zero-order valence-electron chi connectivity index (χ0n) is 12.0. The van der Waals surface area contributed by atoms with Crippen molar-refractivity contribution in [3.63, 3.8) is 0 Å². The molecule has 0 unspecified atom stereocenters. The predicted octanol–water partition coefficient (Wildman–Crippen LogP) is 2.51. The smallest absolute Gasteiger partial charge is 0.410 e. The summed E-state index contributed by atoms with van der Waals surface area (Å²) in [7, 11) is 0. The zero-order valence-corrected chi connectivity index (χ0v) is 12.0. The molecule has 1 saturated heterocycles. The highest BCUT2D eigenvalue weighted by Gasteiger charge is 2.31. The van der Waals surface area contributed by atoms with Gasteiger partial charge in [-0.05, 0) is 40.2 Å². The third-order valence-electron chi connectivity index (χ3n) is 3.06. The molecule has 2 heterocycles. The van der Waals surface area contributed by atoms with Crippen molar-refractivity contribution in [2.24, 2.45) is 0 Å². The van der Waals surface area contributed by atoms with Crippen molar-refractivity contribution < 1.29 is 9.53 Å². The van der Waals surface area contributed by atoms with Gasteiger partial charge in [-0.2, -0.15) is 0 Å². The molecule has 1 aromatic heterocycles. The Labute approximate surface area is 114 Å². The Morgan fingerprint density at radius 1 is 1.47 bits per heavy atom. The van der Waals surface area contributed by atoms with Crippen LogP contribution in [0.1, 0.15) is 44.6 Å². The standard InChI is InChI=1S/C14H21N3O2/c1-10-15-7-5-12(16-10)11-6-8-17(9-11)13(18)19-14(2,3)4/h5,7,11H,6,8-9H2,1-4H3/t11-/m1/s1. The molecular weight excluding hydrogens is 242 g/mol. The van der Waals surface area contributed by atoms with Gasteiger partial charge < -0.3 is 9.64 Å². The molecule has 5 nitrogen and oxygen atoms in total. The van der Waals surface area contributed by atoms with Crippen LogP contribution in [0.5, 0.6) is 0 Å². The monoisotopic (exact) mass is 263 g/mol. The minimum atomic E-state index is -0.444. The number of carbonyl (C=O) groups is 1. The van der Waals surface area contributed by atoms with E-state index in [1.807, 2.05) is 33.8 Å². The SMILES string of the molecule is Cc1nccc([C@@H]2CCN(C(=O)OC(C)(C)C)C2)n1. The normalized spacial score (nSPS) is 19.6. The summed E-state index contributed by atoms with van der Waals surface area (Å²) >= 11 is 0. The molecular formula is C14H21N3O2. The molecule has 0 aromatic carbocycles. The lowest BCUT2D eigenvalue weighted by atomic mass is 10.1. The van der Waals surface area contributed by atoms with Gasteiger partial charge in [0, 0.05) is 30.9 Å². The highest BCUT2D eigenvalue weighted by Crippen LogP contribution is 2.26. The van der Waals surface area contributed by atoms with E-state index in [0.717, 1.165) is 24.5 Å². The average molecular weight is 263 g/mol. The topological polar surface area (TPSA) is 55.3 Å². The maximum Gasteiger partial charge on any atom is 0.410 e. The van der Waals surface area contributed by atoms with Crippen LogP contribution in [0.3, 0.4) is 0 Å². The van der Waals surface area contributed by atoms with Crippen molar-refractivity contribution in [2.75, 3.05) is 13.1 Å². The summed E-state index contributed by atoms with van der Waals surface area (Å²) in [5.41, 5.74) is 0.569. The second-order valence-corrected chi connectivity index (χ2v) is 5.94. The Hall–Kier alpha value is -1.65. The number of ether oxygens (including phenoxy) is 1. The molecule has 1 aliphatic heterocycles. The first kappa shape index (κ1) is 13.8. The zero-order chi connectivity index (χ0) is 14.0. The number of rotatable bonds is 1. The van der Waals surface area contributed by atoms with Crippen LogP contribution in [-0.2, 0) is 4.74 Å². The number of carbonyl (C=O) groups excluding carboxylic acids is 1. The molecule has 0 saturated carbocycles. The highest BCUT2D eigenvalue weighted by molar-refractivity contribution is 5.68. The predicted molar refractivity (Wildman–Crippen MR) is 71.9 cm³/mol. The fraction of sp³-hybridized carbons (Fsp3) is 0.643. The van der Waals surface area contributed by atoms with E-state index in [9.17, 15) is 4.79 Å². The molecule has 0 radical (unpaired) electrons. The number of amides is 1. The van der Waals surface area contributed by atoms with Crippen molar-refractivity contribution in [3.05, 3.63) is 23.8 Å². The van der Waals surface area contributed by atoms with Crippen LogP contribution in [0.15, 0.2) is 12.3 Å². The number of hydrogen-bond acceptors (Lipinski definition) is 4.